The lowest BCUT2D eigenvalue weighted by atomic mass is 10.1. The summed E-state index contributed by atoms with van der Waals surface area (Å²) in [6, 6.07) is 5.50. The Morgan fingerprint density at radius 1 is 1.47 bits per heavy atom. The molecular formula is C11H9ClO2S. The number of hydrogen-bond donors (Lipinski definition) is 0. The van der Waals surface area contributed by atoms with Gasteiger partial charge in [0, 0.05) is 10.1 Å². The first kappa shape index (κ1) is 10.5. The van der Waals surface area contributed by atoms with E-state index in [2.05, 4.69) is 0 Å². The van der Waals surface area contributed by atoms with Gasteiger partial charge in [-0.15, -0.1) is 11.3 Å². The van der Waals surface area contributed by atoms with Crippen molar-refractivity contribution in [2.45, 2.75) is 6.92 Å². The van der Waals surface area contributed by atoms with E-state index in [1.807, 2.05) is 17.5 Å². The highest BCUT2D eigenvalue weighted by Crippen LogP contribution is 2.31. The molecule has 0 aliphatic carbocycles. The zero-order valence-corrected chi connectivity index (χ0v) is 9.69. The number of hydrogen-bond acceptors (Lipinski definition) is 3. The van der Waals surface area contributed by atoms with E-state index in [0.29, 0.717) is 17.2 Å². The third kappa shape index (κ3) is 1.85. The van der Waals surface area contributed by atoms with Crippen LogP contribution in [0.15, 0.2) is 23.6 Å². The molecule has 0 bridgehead atoms. The summed E-state index contributed by atoms with van der Waals surface area (Å²) in [6.45, 7) is 2.13. The minimum Gasteiger partial charge on any atom is -0.462 e. The number of halogens is 1. The first-order valence-electron chi connectivity index (χ1n) is 4.57. The molecule has 0 spiro atoms. The SMILES string of the molecule is CCOC(=O)c1ccc2sccc2c1Cl. The molecule has 1 aromatic heterocycles. The average Bonchev–Trinajstić information content (AvgIpc) is 2.67. The molecule has 0 radical (unpaired) electrons. The van der Waals surface area contributed by atoms with Gasteiger partial charge in [-0.05, 0) is 30.5 Å². The Morgan fingerprint density at radius 2 is 2.27 bits per heavy atom. The van der Waals surface area contributed by atoms with Crippen molar-refractivity contribution in [3.05, 3.63) is 34.2 Å². The van der Waals surface area contributed by atoms with Gasteiger partial charge in [0.1, 0.15) is 0 Å². The second-order valence-corrected chi connectivity index (χ2v) is 4.31. The van der Waals surface area contributed by atoms with Crippen molar-refractivity contribution in [2.24, 2.45) is 0 Å². The third-order valence-electron chi connectivity index (χ3n) is 2.06. The van der Waals surface area contributed by atoms with Crippen LogP contribution in [-0.4, -0.2) is 12.6 Å². The minimum atomic E-state index is -0.365. The Kier molecular flexibility index (Phi) is 2.93. The van der Waals surface area contributed by atoms with Crippen LogP contribution in [0.5, 0.6) is 0 Å². The van der Waals surface area contributed by atoms with Crippen molar-refractivity contribution in [3.63, 3.8) is 0 Å². The number of rotatable bonds is 2. The van der Waals surface area contributed by atoms with E-state index in [-0.39, 0.29) is 5.97 Å². The first-order chi connectivity index (χ1) is 7.24. The van der Waals surface area contributed by atoms with Gasteiger partial charge in [0.2, 0.25) is 0 Å². The van der Waals surface area contributed by atoms with E-state index in [1.54, 1.807) is 24.3 Å². The predicted molar refractivity (Wildman–Crippen MR) is 62.8 cm³/mol. The van der Waals surface area contributed by atoms with Gasteiger partial charge < -0.3 is 4.74 Å². The summed E-state index contributed by atoms with van der Waals surface area (Å²) in [5.74, 6) is -0.365. The fraction of sp³-hybridized carbons (Fsp3) is 0.182. The minimum absolute atomic E-state index is 0.358. The molecule has 78 valence electrons. The van der Waals surface area contributed by atoms with Crippen LogP contribution in [0, 0.1) is 0 Å². The maximum absolute atomic E-state index is 11.5. The Labute approximate surface area is 96.4 Å². The van der Waals surface area contributed by atoms with Gasteiger partial charge in [0.25, 0.3) is 0 Å². The van der Waals surface area contributed by atoms with Gasteiger partial charge >= 0.3 is 5.97 Å². The van der Waals surface area contributed by atoms with Gasteiger partial charge in [-0.2, -0.15) is 0 Å². The quantitative estimate of drug-likeness (QED) is 0.748. The van der Waals surface area contributed by atoms with Crippen LogP contribution in [0.2, 0.25) is 5.02 Å². The van der Waals surface area contributed by atoms with Gasteiger partial charge in [0.05, 0.1) is 17.2 Å². The van der Waals surface area contributed by atoms with E-state index >= 15 is 0 Å². The molecule has 0 amide bonds. The summed E-state index contributed by atoms with van der Waals surface area (Å²) in [4.78, 5) is 11.5. The van der Waals surface area contributed by atoms with E-state index < -0.39 is 0 Å². The number of carbonyl (C=O) groups is 1. The Hall–Kier alpha value is -1.06. The summed E-state index contributed by atoms with van der Waals surface area (Å²) in [5, 5.41) is 3.34. The van der Waals surface area contributed by atoms with Crippen LogP contribution in [0.1, 0.15) is 17.3 Å². The maximum atomic E-state index is 11.5. The molecule has 1 aromatic carbocycles. The van der Waals surface area contributed by atoms with Crippen molar-refractivity contribution < 1.29 is 9.53 Å². The molecule has 0 N–H and O–H groups in total. The Bertz CT molecular complexity index is 504. The van der Waals surface area contributed by atoms with Gasteiger partial charge in [-0.3, -0.25) is 0 Å². The summed E-state index contributed by atoms with van der Waals surface area (Å²) in [7, 11) is 0. The monoisotopic (exact) mass is 240 g/mol. The summed E-state index contributed by atoms with van der Waals surface area (Å²) < 4.78 is 5.99. The molecule has 2 aromatic rings. The van der Waals surface area contributed by atoms with Crippen LogP contribution >= 0.6 is 22.9 Å². The smallest absolute Gasteiger partial charge is 0.339 e. The zero-order chi connectivity index (χ0) is 10.8. The van der Waals surface area contributed by atoms with Gasteiger partial charge in [-0.25, -0.2) is 4.79 Å². The standard InChI is InChI=1S/C11H9ClO2S/c1-2-14-11(13)8-3-4-9-7(10(8)12)5-6-15-9/h3-6H,2H2,1H3. The highest BCUT2D eigenvalue weighted by Gasteiger charge is 2.13. The van der Waals surface area contributed by atoms with Crippen LogP contribution in [0.25, 0.3) is 10.1 Å². The van der Waals surface area contributed by atoms with E-state index in [1.165, 1.54) is 0 Å². The highest BCUT2D eigenvalue weighted by atomic mass is 35.5. The first-order valence-corrected chi connectivity index (χ1v) is 5.82. The van der Waals surface area contributed by atoms with Gasteiger partial charge in [0.15, 0.2) is 0 Å². The molecule has 4 heteroatoms. The largest absolute Gasteiger partial charge is 0.462 e. The fourth-order valence-electron chi connectivity index (χ4n) is 1.38. The summed E-state index contributed by atoms with van der Waals surface area (Å²) >= 11 is 7.72. The van der Waals surface area contributed by atoms with E-state index in [4.69, 9.17) is 16.3 Å². The Balaban J connectivity index is 2.52. The molecule has 15 heavy (non-hydrogen) atoms. The lowest BCUT2D eigenvalue weighted by molar-refractivity contribution is 0.0527. The zero-order valence-electron chi connectivity index (χ0n) is 8.12. The molecule has 1 heterocycles. The third-order valence-corrected chi connectivity index (χ3v) is 3.35. The maximum Gasteiger partial charge on any atom is 0.339 e. The van der Waals surface area contributed by atoms with Crippen LogP contribution < -0.4 is 0 Å². The number of ether oxygens (including phenoxy) is 1. The van der Waals surface area contributed by atoms with E-state index in [0.717, 1.165) is 10.1 Å². The molecule has 0 saturated heterocycles. The average molecular weight is 241 g/mol. The fourth-order valence-corrected chi connectivity index (χ4v) is 2.53. The van der Waals surface area contributed by atoms with Crippen molar-refractivity contribution in [1.82, 2.24) is 0 Å². The van der Waals surface area contributed by atoms with E-state index in [9.17, 15) is 4.79 Å². The highest BCUT2D eigenvalue weighted by molar-refractivity contribution is 7.17. The normalized spacial score (nSPS) is 10.5. The summed E-state index contributed by atoms with van der Waals surface area (Å²) in [6.07, 6.45) is 0. The van der Waals surface area contributed by atoms with Crippen LogP contribution in [0.3, 0.4) is 0 Å². The van der Waals surface area contributed by atoms with Crippen LogP contribution in [-0.2, 0) is 4.74 Å². The number of esters is 1. The number of fused-ring (bicyclic) bond motifs is 1. The number of carbonyl (C=O) groups excluding carboxylic acids is 1. The summed E-state index contributed by atoms with van der Waals surface area (Å²) in [5.41, 5.74) is 0.435. The Morgan fingerprint density at radius 3 is 3.00 bits per heavy atom. The second-order valence-electron chi connectivity index (χ2n) is 2.98. The predicted octanol–water partition coefficient (Wildman–Crippen LogP) is 3.73. The molecule has 2 rings (SSSR count). The molecule has 0 saturated carbocycles. The van der Waals surface area contributed by atoms with Crippen molar-refractivity contribution in [1.29, 1.82) is 0 Å². The molecular weight excluding hydrogens is 232 g/mol. The molecule has 0 aliphatic rings. The number of benzene rings is 1. The van der Waals surface area contributed by atoms with Crippen molar-refractivity contribution >= 4 is 39.0 Å². The van der Waals surface area contributed by atoms with Crippen LogP contribution in [0.4, 0.5) is 0 Å². The van der Waals surface area contributed by atoms with Crippen molar-refractivity contribution in [2.75, 3.05) is 6.61 Å². The molecule has 0 fully saturated rings. The second kappa shape index (κ2) is 4.21. The van der Waals surface area contributed by atoms with Crippen molar-refractivity contribution in [3.8, 4) is 0 Å². The lowest BCUT2D eigenvalue weighted by Crippen LogP contribution is -2.05. The molecule has 0 aliphatic heterocycles. The molecule has 0 unspecified atom stereocenters. The lowest BCUT2D eigenvalue weighted by Gasteiger charge is -2.04. The molecule has 0 atom stereocenters. The number of thiophene rings is 1. The van der Waals surface area contributed by atoms with Gasteiger partial charge in [-0.1, -0.05) is 11.6 Å². The topological polar surface area (TPSA) is 26.3 Å². The molecule has 2 nitrogen and oxygen atoms in total.